The van der Waals surface area contributed by atoms with E-state index in [0.717, 1.165) is 36.1 Å². The van der Waals surface area contributed by atoms with Gasteiger partial charge in [-0.2, -0.15) is 0 Å². The van der Waals surface area contributed by atoms with Gasteiger partial charge in [-0.1, -0.05) is 67.1 Å². The standard InChI is InChI=1S/C20H21NO2/c1-23-20(22)17-13-8-14-18(17)21-19(15-9-4-2-5-10-15)16-11-6-3-7-12-16/h2-7,9-12,17-18H,8,13-14H2,1H3/t17-,18?/m1/s1. The average Bonchev–Trinajstić information content (AvgIpc) is 3.09. The molecule has 3 nitrogen and oxygen atoms in total. The van der Waals surface area contributed by atoms with Gasteiger partial charge in [0.2, 0.25) is 0 Å². The van der Waals surface area contributed by atoms with Crippen molar-refractivity contribution in [1.29, 1.82) is 0 Å². The van der Waals surface area contributed by atoms with Gasteiger partial charge in [-0.05, 0) is 12.8 Å². The van der Waals surface area contributed by atoms with Crippen LogP contribution in [0.25, 0.3) is 0 Å². The third-order valence-corrected chi connectivity index (χ3v) is 4.37. The van der Waals surface area contributed by atoms with Crippen LogP contribution in [0.4, 0.5) is 0 Å². The fraction of sp³-hybridized carbons (Fsp3) is 0.300. The van der Waals surface area contributed by atoms with Crippen molar-refractivity contribution in [3.8, 4) is 0 Å². The Morgan fingerprint density at radius 2 is 1.52 bits per heavy atom. The van der Waals surface area contributed by atoms with Crippen LogP contribution >= 0.6 is 0 Å². The highest BCUT2D eigenvalue weighted by molar-refractivity contribution is 6.13. The molecule has 0 heterocycles. The Labute approximate surface area is 137 Å². The van der Waals surface area contributed by atoms with E-state index < -0.39 is 0 Å². The van der Waals surface area contributed by atoms with Gasteiger partial charge in [0.15, 0.2) is 0 Å². The first-order chi connectivity index (χ1) is 11.3. The van der Waals surface area contributed by atoms with Crippen LogP contribution in [-0.2, 0) is 9.53 Å². The first-order valence-electron chi connectivity index (χ1n) is 8.06. The monoisotopic (exact) mass is 307 g/mol. The molecule has 2 aromatic rings. The summed E-state index contributed by atoms with van der Waals surface area (Å²) < 4.78 is 4.95. The minimum Gasteiger partial charge on any atom is -0.469 e. The zero-order chi connectivity index (χ0) is 16.1. The lowest BCUT2D eigenvalue weighted by molar-refractivity contribution is -0.145. The lowest BCUT2D eigenvalue weighted by atomic mass is 10.00. The fourth-order valence-electron chi connectivity index (χ4n) is 3.19. The molecular formula is C20H21NO2. The molecule has 0 spiro atoms. The van der Waals surface area contributed by atoms with Gasteiger partial charge in [0.1, 0.15) is 0 Å². The largest absolute Gasteiger partial charge is 0.469 e. The van der Waals surface area contributed by atoms with Gasteiger partial charge in [0.05, 0.1) is 24.8 Å². The van der Waals surface area contributed by atoms with Gasteiger partial charge in [-0.15, -0.1) is 0 Å². The Kier molecular flexibility index (Phi) is 4.86. The highest BCUT2D eigenvalue weighted by Crippen LogP contribution is 2.30. The van der Waals surface area contributed by atoms with E-state index in [-0.39, 0.29) is 17.9 Å². The van der Waals surface area contributed by atoms with Crippen molar-refractivity contribution in [2.75, 3.05) is 7.11 Å². The number of ether oxygens (including phenoxy) is 1. The zero-order valence-corrected chi connectivity index (χ0v) is 13.3. The molecule has 1 unspecified atom stereocenters. The van der Waals surface area contributed by atoms with Crippen molar-refractivity contribution in [2.45, 2.75) is 25.3 Å². The number of hydrogen-bond donors (Lipinski definition) is 0. The molecular weight excluding hydrogens is 286 g/mol. The molecule has 0 amide bonds. The smallest absolute Gasteiger partial charge is 0.310 e. The predicted octanol–water partition coefficient (Wildman–Crippen LogP) is 3.87. The van der Waals surface area contributed by atoms with Gasteiger partial charge in [0.25, 0.3) is 0 Å². The van der Waals surface area contributed by atoms with Gasteiger partial charge in [0, 0.05) is 11.1 Å². The Bertz CT molecular complexity index is 638. The molecule has 1 aliphatic carbocycles. The van der Waals surface area contributed by atoms with Crippen LogP contribution in [0.15, 0.2) is 65.7 Å². The van der Waals surface area contributed by atoms with Crippen LogP contribution in [0.1, 0.15) is 30.4 Å². The second-order valence-electron chi connectivity index (χ2n) is 5.84. The van der Waals surface area contributed by atoms with E-state index in [2.05, 4.69) is 24.3 Å². The lowest BCUT2D eigenvalue weighted by Crippen LogP contribution is -2.24. The fourth-order valence-corrected chi connectivity index (χ4v) is 3.19. The van der Waals surface area contributed by atoms with E-state index in [9.17, 15) is 4.79 Å². The molecule has 0 aromatic heterocycles. The second-order valence-corrected chi connectivity index (χ2v) is 5.84. The van der Waals surface area contributed by atoms with Gasteiger partial charge in [-0.25, -0.2) is 0 Å². The number of carbonyl (C=O) groups excluding carboxylic acids is 1. The third kappa shape index (κ3) is 3.50. The summed E-state index contributed by atoms with van der Waals surface area (Å²) in [6.45, 7) is 0. The number of carbonyl (C=O) groups is 1. The number of nitrogens with zero attached hydrogens (tertiary/aromatic N) is 1. The molecule has 3 heteroatoms. The van der Waals surface area contributed by atoms with Crippen LogP contribution in [0.5, 0.6) is 0 Å². The second kappa shape index (κ2) is 7.23. The summed E-state index contributed by atoms with van der Waals surface area (Å²) in [5.74, 6) is -0.265. The number of benzene rings is 2. The molecule has 1 fully saturated rings. The first-order valence-corrected chi connectivity index (χ1v) is 8.06. The van der Waals surface area contributed by atoms with Crippen LogP contribution in [-0.4, -0.2) is 24.8 Å². The van der Waals surface area contributed by atoms with E-state index in [4.69, 9.17) is 9.73 Å². The van der Waals surface area contributed by atoms with E-state index in [1.54, 1.807) is 0 Å². The van der Waals surface area contributed by atoms with Crippen LogP contribution in [0.3, 0.4) is 0 Å². The van der Waals surface area contributed by atoms with E-state index >= 15 is 0 Å². The Balaban J connectivity index is 2.00. The Hall–Kier alpha value is -2.42. The summed E-state index contributed by atoms with van der Waals surface area (Å²) in [6.07, 6.45) is 2.81. The van der Waals surface area contributed by atoms with Gasteiger partial charge >= 0.3 is 5.97 Å². The van der Waals surface area contributed by atoms with Crippen molar-refractivity contribution >= 4 is 11.7 Å². The summed E-state index contributed by atoms with van der Waals surface area (Å²) in [5, 5.41) is 0. The molecule has 23 heavy (non-hydrogen) atoms. The molecule has 0 saturated heterocycles. The summed E-state index contributed by atoms with van der Waals surface area (Å²) in [6, 6.07) is 20.3. The Morgan fingerprint density at radius 3 is 2.04 bits per heavy atom. The first kappa shape index (κ1) is 15.5. The van der Waals surface area contributed by atoms with E-state index in [1.165, 1.54) is 7.11 Å². The number of hydrogen-bond acceptors (Lipinski definition) is 3. The van der Waals surface area contributed by atoms with E-state index in [0.29, 0.717) is 0 Å². The van der Waals surface area contributed by atoms with Crippen molar-refractivity contribution < 1.29 is 9.53 Å². The molecule has 118 valence electrons. The molecule has 1 aliphatic rings. The van der Waals surface area contributed by atoms with Crippen LogP contribution in [0.2, 0.25) is 0 Å². The van der Waals surface area contributed by atoms with Crippen LogP contribution in [0, 0.1) is 5.92 Å². The normalized spacial score (nSPS) is 20.0. The summed E-state index contributed by atoms with van der Waals surface area (Å²) in [7, 11) is 1.46. The highest BCUT2D eigenvalue weighted by Gasteiger charge is 2.34. The molecule has 1 saturated carbocycles. The molecule has 2 aromatic carbocycles. The maximum Gasteiger partial charge on any atom is 0.310 e. The van der Waals surface area contributed by atoms with Crippen LogP contribution < -0.4 is 0 Å². The number of methoxy groups -OCH3 is 1. The summed E-state index contributed by atoms with van der Waals surface area (Å²) in [5.41, 5.74) is 3.11. The third-order valence-electron chi connectivity index (χ3n) is 4.37. The number of aliphatic imine (C=N–C) groups is 1. The zero-order valence-electron chi connectivity index (χ0n) is 13.3. The number of esters is 1. The van der Waals surface area contributed by atoms with Crippen molar-refractivity contribution in [2.24, 2.45) is 10.9 Å². The Morgan fingerprint density at radius 1 is 0.957 bits per heavy atom. The quantitative estimate of drug-likeness (QED) is 0.635. The maximum absolute atomic E-state index is 12.0. The minimum absolute atomic E-state index is 0.00198. The molecule has 0 aliphatic heterocycles. The van der Waals surface area contributed by atoms with Crippen molar-refractivity contribution in [3.05, 3.63) is 71.8 Å². The maximum atomic E-state index is 12.0. The molecule has 3 rings (SSSR count). The van der Waals surface area contributed by atoms with Gasteiger partial charge in [-0.3, -0.25) is 9.79 Å². The molecule has 0 N–H and O–H groups in total. The highest BCUT2D eigenvalue weighted by atomic mass is 16.5. The molecule has 2 atom stereocenters. The topological polar surface area (TPSA) is 38.7 Å². The average molecular weight is 307 g/mol. The number of rotatable bonds is 4. The van der Waals surface area contributed by atoms with Crippen molar-refractivity contribution in [1.82, 2.24) is 0 Å². The predicted molar refractivity (Wildman–Crippen MR) is 91.7 cm³/mol. The molecule has 0 bridgehead atoms. The lowest BCUT2D eigenvalue weighted by Gasteiger charge is -2.16. The summed E-state index contributed by atoms with van der Waals surface area (Å²) >= 11 is 0. The SMILES string of the molecule is COC(=O)[C@@H]1CCCC1N=C(c1ccccc1)c1ccccc1. The van der Waals surface area contributed by atoms with Crippen molar-refractivity contribution in [3.63, 3.8) is 0 Å². The molecule has 0 radical (unpaired) electrons. The van der Waals surface area contributed by atoms with Gasteiger partial charge < -0.3 is 4.74 Å². The summed E-state index contributed by atoms with van der Waals surface area (Å²) in [4.78, 5) is 17.0. The minimum atomic E-state index is -0.142. The van der Waals surface area contributed by atoms with E-state index in [1.807, 2.05) is 36.4 Å².